The summed E-state index contributed by atoms with van der Waals surface area (Å²) in [6.07, 6.45) is 2.27. The van der Waals surface area contributed by atoms with Gasteiger partial charge in [0.05, 0.1) is 0 Å². The summed E-state index contributed by atoms with van der Waals surface area (Å²) in [5, 5.41) is 2.89. The van der Waals surface area contributed by atoms with Gasteiger partial charge in [-0.2, -0.15) is 0 Å². The molecule has 8 heteroatoms. The van der Waals surface area contributed by atoms with Gasteiger partial charge in [-0.15, -0.1) is 0 Å². The standard InChI is InChI=1S/C20H26N6O2/c1-3-25(4-2)17-7-5-16(6-8-17)23-20(28)18-13-19(22-14-21-18)26-11-9-24(15-27)10-12-26/h5-8,13-15H,3-4,9-12H2,1-2H3,(H,23,28). The van der Waals surface area contributed by atoms with Crippen molar-refractivity contribution in [2.75, 3.05) is 54.4 Å². The minimum atomic E-state index is -0.272. The van der Waals surface area contributed by atoms with Crippen LogP contribution < -0.4 is 15.1 Å². The van der Waals surface area contributed by atoms with Crippen molar-refractivity contribution in [3.8, 4) is 0 Å². The van der Waals surface area contributed by atoms with Crippen LogP contribution in [-0.4, -0.2) is 66.5 Å². The number of nitrogens with one attached hydrogen (secondary N) is 1. The van der Waals surface area contributed by atoms with Gasteiger partial charge in [0.25, 0.3) is 5.91 Å². The summed E-state index contributed by atoms with van der Waals surface area (Å²) in [6, 6.07) is 9.48. The van der Waals surface area contributed by atoms with E-state index in [0.717, 1.165) is 30.9 Å². The number of hydrogen-bond donors (Lipinski definition) is 1. The average molecular weight is 382 g/mol. The molecule has 0 aliphatic carbocycles. The number of benzene rings is 1. The van der Waals surface area contributed by atoms with Crippen LogP contribution in [0.15, 0.2) is 36.7 Å². The predicted octanol–water partition coefficient (Wildman–Crippen LogP) is 1.85. The first-order valence-electron chi connectivity index (χ1n) is 9.57. The van der Waals surface area contributed by atoms with Crippen LogP contribution in [0.5, 0.6) is 0 Å². The zero-order chi connectivity index (χ0) is 19.9. The topological polar surface area (TPSA) is 81.7 Å². The molecule has 1 aromatic heterocycles. The Balaban J connectivity index is 1.65. The molecule has 2 aromatic rings. The van der Waals surface area contributed by atoms with Gasteiger partial charge in [0, 0.05) is 56.7 Å². The minimum absolute atomic E-state index is 0.272. The number of piperazine rings is 1. The first kappa shape index (κ1) is 19.6. The smallest absolute Gasteiger partial charge is 0.274 e. The predicted molar refractivity (Wildman–Crippen MR) is 110 cm³/mol. The molecule has 2 amide bonds. The Kier molecular flexibility index (Phi) is 6.41. The van der Waals surface area contributed by atoms with E-state index in [0.29, 0.717) is 37.7 Å². The molecule has 0 saturated carbocycles. The lowest BCUT2D eigenvalue weighted by Gasteiger charge is -2.33. The van der Waals surface area contributed by atoms with Crippen molar-refractivity contribution in [2.24, 2.45) is 0 Å². The molecule has 1 aliphatic heterocycles. The molecule has 28 heavy (non-hydrogen) atoms. The molecule has 148 valence electrons. The number of hydrogen-bond acceptors (Lipinski definition) is 6. The summed E-state index contributed by atoms with van der Waals surface area (Å²) in [7, 11) is 0. The third-order valence-electron chi connectivity index (χ3n) is 4.93. The molecule has 2 heterocycles. The fraction of sp³-hybridized carbons (Fsp3) is 0.400. The van der Waals surface area contributed by atoms with Crippen molar-refractivity contribution < 1.29 is 9.59 Å². The van der Waals surface area contributed by atoms with E-state index in [4.69, 9.17) is 0 Å². The van der Waals surface area contributed by atoms with E-state index in [1.807, 2.05) is 24.3 Å². The summed E-state index contributed by atoms with van der Waals surface area (Å²) < 4.78 is 0. The Hall–Kier alpha value is -3.16. The summed E-state index contributed by atoms with van der Waals surface area (Å²) in [5.41, 5.74) is 2.16. The molecule has 0 radical (unpaired) electrons. The number of aromatic nitrogens is 2. The van der Waals surface area contributed by atoms with Gasteiger partial charge in [0.1, 0.15) is 17.8 Å². The lowest BCUT2D eigenvalue weighted by atomic mass is 10.2. The van der Waals surface area contributed by atoms with Crippen LogP contribution in [-0.2, 0) is 4.79 Å². The molecular formula is C20H26N6O2. The molecule has 0 atom stereocenters. The monoisotopic (exact) mass is 382 g/mol. The van der Waals surface area contributed by atoms with Crippen LogP contribution in [0.4, 0.5) is 17.2 Å². The van der Waals surface area contributed by atoms with Crippen LogP contribution in [0.3, 0.4) is 0 Å². The maximum atomic E-state index is 12.6. The highest BCUT2D eigenvalue weighted by Gasteiger charge is 2.18. The number of nitrogens with zero attached hydrogens (tertiary/aromatic N) is 5. The molecule has 1 aliphatic rings. The second-order valence-electron chi connectivity index (χ2n) is 6.56. The zero-order valence-electron chi connectivity index (χ0n) is 16.3. The van der Waals surface area contributed by atoms with Crippen LogP contribution in [0.1, 0.15) is 24.3 Å². The van der Waals surface area contributed by atoms with Crippen LogP contribution >= 0.6 is 0 Å². The second kappa shape index (κ2) is 9.16. The van der Waals surface area contributed by atoms with Gasteiger partial charge in [-0.3, -0.25) is 9.59 Å². The van der Waals surface area contributed by atoms with Crippen molar-refractivity contribution in [1.82, 2.24) is 14.9 Å². The molecular weight excluding hydrogens is 356 g/mol. The summed E-state index contributed by atoms with van der Waals surface area (Å²) in [4.78, 5) is 37.8. The normalized spacial score (nSPS) is 13.9. The number of carbonyl (C=O) groups excluding carboxylic acids is 2. The largest absolute Gasteiger partial charge is 0.372 e. The first-order valence-corrected chi connectivity index (χ1v) is 9.57. The van der Waals surface area contributed by atoms with Gasteiger partial charge >= 0.3 is 0 Å². The van der Waals surface area contributed by atoms with Gasteiger partial charge in [-0.25, -0.2) is 9.97 Å². The van der Waals surface area contributed by atoms with Gasteiger partial charge in [-0.05, 0) is 38.1 Å². The van der Waals surface area contributed by atoms with E-state index in [-0.39, 0.29) is 5.91 Å². The number of carbonyl (C=O) groups is 2. The summed E-state index contributed by atoms with van der Waals surface area (Å²) >= 11 is 0. The Labute approximate surface area is 165 Å². The molecule has 3 rings (SSSR count). The van der Waals surface area contributed by atoms with Crippen LogP contribution in [0.25, 0.3) is 0 Å². The number of rotatable bonds is 7. The van der Waals surface area contributed by atoms with E-state index in [1.54, 1.807) is 11.0 Å². The minimum Gasteiger partial charge on any atom is -0.372 e. The molecule has 1 N–H and O–H groups in total. The maximum absolute atomic E-state index is 12.6. The van der Waals surface area contributed by atoms with Crippen molar-refractivity contribution in [3.05, 3.63) is 42.4 Å². The Morgan fingerprint density at radius 2 is 1.79 bits per heavy atom. The quantitative estimate of drug-likeness (QED) is 0.736. The maximum Gasteiger partial charge on any atom is 0.274 e. The van der Waals surface area contributed by atoms with Crippen LogP contribution in [0.2, 0.25) is 0 Å². The highest BCUT2D eigenvalue weighted by atomic mass is 16.2. The zero-order valence-corrected chi connectivity index (χ0v) is 16.3. The van der Waals surface area contributed by atoms with Gasteiger partial charge < -0.3 is 20.0 Å². The number of anilines is 3. The molecule has 1 fully saturated rings. The van der Waals surface area contributed by atoms with Crippen molar-refractivity contribution in [3.63, 3.8) is 0 Å². The fourth-order valence-corrected chi connectivity index (χ4v) is 3.24. The lowest BCUT2D eigenvalue weighted by Crippen LogP contribution is -2.46. The SMILES string of the molecule is CCN(CC)c1ccc(NC(=O)c2cc(N3CCN(C=O)CC3)ncn2)cc1. The van der Waals surface area contributed by atoms with E-state index in [9.17, 15) is 9.59 Å². The summed E-state index contributed by atoms with van der Waals surface area (Å²) in [6.45, 7) is 8.77. The number of amides is 2. The Bertz CT molecular complexity index is 799. The highest BCUT2D eigenvalue weighted by Crippen LogP contribution is 2.19. The molecule has 8 nitrogen and oxygen atoms in total. The summed E-state index contributed by atoms with van der Waals surface area (Å²) in [5.74, 6) is 0.424. The average Bonchev–Trinajstić information content (AvgIpc) is 2.76. The lowest BCUT2D eigenvalue weighted by molar-refractivity contribution is -0.118. The highest BCUT2D eigenvalue weighted by molar-refractivity contribution is 6.03. The third-order valence-corrected chi connectivity index (χ3v) is 4.93. The Morgan fingerprint density at radius 1 is 1.11 bits per heavy atom. The molecule has 1 saturated heterocycles. The van der Waals surface area contributed by atoms with E-state index in [1.165, 1.54) is 6.33 Å². The van der Waals surface area contributed by atoms with Crippen molar-refractivity contribution in [1.29, 1.82) is 0 Å². The van der Waals surface area contributed by atoms with Gasteiger partial charge in [0.15, 0.2) is 0 Å². The molecule has 0 unspecified atom stereocenters. The fourth-order valence-electron chi connectivity index (χ4n) is 3.24. The molecule has 0 spiro atoms. The van der Waals surface area contributed by atoms with Gasteiger partial charge in [0.2, 0.25) is 6.41 Å². The van der Waals surface area contributed by atoms with Gasteiger partial charge in [-0.1, -0.05) is 0 Å². The first-order chi connectivity index (χ1) is 13.6. The van der Waals surface area contributed by atoms with E-state index >= 15 is 0 Å². The Morgan fingerprint density at radius 3 is 2.39 bits per heavy atom. The van der Waals surface area contributed by atoms with Crippen molar-refractivity contribution in [2.45, 2.75) is 13.8 Å². The van der Waals surface area contributed by atoms with E-state index in [2.05, 4.69) is 38.9 Å². The van der Waals surface area contributed by atoms with Crippen LogP contribution in [0, 0.1) is 0 Å². The third kappa shape index (κ3) is 4.57. The van der Waals surface area contributed by atoms with E-state index < -0.39 is 0 Å². The second-order valence-corrected chi connectivity index (χ2v) is 6.56. The molecule has 1 aromatic carbocycles. The van der Waals surface area contributed by atoms with Crippen molar-refractivity contribution >= 4 is 29.5 Å². The molecule has 0 bridgehead atoms.